The number of ether oxygens (including phenoxy) is 1. The third-order valence-electron chi connectivity index (χ3n) is 3.91. The van der Waals surface area contributed by atoms with E-state index < -0.39 is 42.4 Å². The van der Waals surface area contributed by atoms with Gasteiger partial charge in [-0.2, -0.15) is 4.98 Å². The number of nitrogen functional groups attached to an aromatic ring is 1. The van der Waals surface area contributed by atoms with E-state index >= 15 is 0 Å². The molecular weight excluding hydrogens is 322 g/mol. The zero-order valence-corrected chi connectivity index (χ0v) is 12.5. The molecule has 3 rings (SSSR count). The van der Waals surface area contributed by atoms with Crippen LogP contribution in [-0.2, 0) is 11.3 Å². The molecule has 2 aromatic heterocycles. The van der Waals surface area contributed by atoms with Gasteiger partial charge in [-0.3, -0.25) is 14.3 Å². The van der Waals surface area contributed by atoms with Gasteiger partial charge in [0.15, 0.2) is 17.4 Å². The fourth-order valence-electron chi connectivity index (χ4n) is 2.82. The quantitative estimate of drug-likeness (QED) is 0.374. The summed E-state index contributed by atoms with van der Waals surface area (Å²) in [5.74, 6) is -0.219. The van der Waals surface area contributed by atoms with Gasteiger partial charge >= 0.3 is 5.69 Å². The Balaban J connectivity index is 2.29. The molecule has 6 N–H and O–H groups in total. The first-order valence-electron chi connectivity index (χ1n) is 7.14. The maximum atomic E-state index is 12.7. The lowest BCUT2D eigenvalue weighted by Crippen LogP contribution is -2.36. The van der Waals surface area contributed by atoms with Gasteiger partial charge in [0.05, 0.1) is 6.61 Å². The number of nitrogens with zero attached hydrogens (tertiary/aromatic N) is 3. The van der Waals surface area contributed by atoms with Crippen LogP contribution in [0.4, 0.5) is 5.95 Å². The topological polar surface area (TPSA) is 169 Å². The molecule has 24 heavy (non-hydrogen) atoms. The Morgan fingerprint density at radius 2 is 2.08 bits per heavy atom. The molecule has 2 aromatic rings. The average molecular weight is 339 g/mol. The molecule has 130 valence electrons. The molecule has 0 bridgehead atoms. The van der Waals surface area contributed by atoms with E-state index in [1.165, 1.54) is 6.08 Å². The van der Waals surface area contributed by atoms with Crippen LogP contribution in [0.3, 0.4) is 0 Å². The second-order valence-electron chi connectivity index (χ2n) is 5.40. The standard InChI is InChI=1S/C13H17N5O6/c1-2-3-17-6-9(15-12(14)16-10(6)22)18(13(17)23)11-8(21)7(20)5(4-19)24-11/h2,5,7-8,11,19-21H,1,3-4H2,(H3,14,15,16,22)/t5-,7-,8-,11+/m1/s1. The van der Waals surface area contributed by atoms with E-state index in [2.05, 4.69) is 16.5 Å². The number of nitrogens with two attached hydrogens (primary N) is 1. The van der Waals surface area contributed by atoms with E-state index in [9.17, 15) is 24.9 Å². The van der Waals surface area contributed by atoms with Gasteiger partial charge in [0.2, 0.25) is 5.95 Å². The SMILES string of the molecule is C=CCn1c(=O)n([C@H]2O[C@H](CO)[C@@H](O)[C@H]2O)c2nc(N)[nH]c(=O)c21. The predicted octanol–water partition coefficient (Wildman–Crippen LogP) is -2.73. The van der Waals surface area contributed by atoms with Crippen molar-refractivity contribution in [2.75, 3.05) is 12.3 Å². The molecule has 0 unspecified atom stereocenters. The third-order valence-corrected chi connectivity index (χ3v) is 3.91. The Labute approximate surface area is 134 Å². The van der Waals surface area contributed by atoms with E-state index in [-0.39, 0.29) is 23.7 Å². The van der Waals surface area contributed by atoms with E-state index in [0.717, 1.165) is 9.13 Å². The van der Waals surface area contributed by atoms with E-state index in [1.54, 1.807) is 0 Å². The van der Waals surface area contributed by atoms with E-state index in [1.807, 2.05) is 0 Å². The highest BCUT2D eigenvalue weighted by molar-refractivity contribution is 5.71. The fraction of sp³-hybridized carbons (Fsp3) is 0.462. The van der Waals surface area contributed by atoms with Crippen molar-refractivity contribution in [2.45, 2.75) is 31.1 Å². The van der Waals surface area contributed by atoms with Crippen LogP contribution in [0.15, 0.2) is 22.2 Å². The summed E-state index contributed by atoms with van der Waals surface area (Å²) in [7, 11) is 0. The molecule has 0 saturated carbocycles. The smallest absolute Gasteiger partial charge is 0.333 e. The highest BCUT2D eigenvalue weighted by Crippen LogP contribution is 2.30. The Morgan fingerprint density at radius 1 is 1.38 bits per heavy atom. The Hall–Kier alpha value is -2.47. The summed E-state index contributed by atoms with van der Waals surface area (Å²) >= 11 is 0. The maximum absolute atomic E-state index is 12.7. The number of aromatic amines is 1. The Bertz CT molecular complexity index is 899. The van der Waals surface area contributed by atoms with Crippen molar-refractivity contribution in [3.63, 3.8) is 0 Å². The number of H-pyrrole nitrogens is 1. The van der Waals surface area contributed by atoms with E-state index in [4.69, 9.17) is 10.5 Å². The molecule has 1 saturated heterocycles. The van der Waals surface area contributed by atoms with Crippen LogP contribution >= 0.6 is 0 Å². The summed E-state index contributed by atoms with van der Waals surface area (Å²) in [5, 5.41) is 29.2. The number of aliphatic hydroxyl groups excluding tert-OH is 3. The van der Waals surface area contributed by atoms with Crippen LogP contribution in [0.5, 0.6) is 0 Å². The van der Waals surface area contributed by atoms with Gasteiger partial charge < -0.3 is 25.8 Å². The molecule has 0 aliphatic carbocycles. The first-order valence-corrected chi connectivity index (χ1v) is 7.14. The van der Waals surface area contributed by atoms with Gasteiger partial charge in [-0.1, -0.05) is 6.08 Å². The van der Waals surface area contributed by atoms with Gasteiger partial charge in [0, 0.05) is 6.54 Å². The molecule has 0 radical (unpaired) electrons. The summed E-state index contributed by atoms with van der Waals surface area (Å²) in [6, 6.07) is 0. The number of hydrogen-bond donors (Lipinski definition) is 5. The minimum absolute atomic E-state index is 0.0197. The van der Waals surface area contributed by atoms with Crippen LogP contribution in [0, 0.1) is 0 Å². The van der Waals surface area contributed by atoms with Crippen LogP contribution in [-0.4, -0.2) is 59.3 Å². The Kier molecular flexibility index (Phi) is 4.01. The first-order chi connectivity index (χ1) is 11.4. The summed E-state index contributed by atoms with van der Waals surface area (Å²) < 4.78 is 7.40. The minimum atomic E-state index is -1.50. The second-order valence-corrected chi connectivity index (χ2v) is 5.40. The van der Waals surface area contributed by atoms with Crippen LogP contribution in [0.1, 0.15) is 6.23 Å². The number of fused-ring (bicyclic) bond motifs is 1. The first kappa shape index (κ1) is 16.4. The largest absolute Gasteiger partial charge is 0.394 e. The number of hydrogen-bond acceptors (Lipinski definition) is 8. The molecule has 4 atom stereocenters. The van der Waals surface area contributed by atoms with Gasteiger partial charge in [0.25, 0.3) is 5.56 Å². The van der Waals surface area contributed by atoms with Crippen molar-refractivity contribution >= 4 is 17.1 Å². The molecule has 1 fully saturated rings. The monoisotopic (exact) mass is 339 g/mol. The highest BCUT2D eigenvalue weighted by atomic mass is 16.6. The molecule has 11 nitrogen and oxygen atoms in total. The number of imidazole rings is 1. The second kappa shape index (κ2) is 5.87. The molecule has 1 aliphatic rings. The maximum Gasteiger partial charge on any atom is 0.333 e. The number of anilines is 1. The van der Waals surface area contributed by atoms with Crippen LogP contribution in [0.25, 0.3) is 11.2 Å². The van der Waals surface area contributed by atoms with Gasteiger partial charge in [-0.15, -0.1) is 6.58 Å². The third kappa shape index (κ3) is 2.26. The van der Waals surface area contributed by atoms with Crippen molar-refractivity contribution in [3.05, 3.63) is 33.5 Å². The van der Waals surface area contributed by atoms with Crippen molar-refractivity contribution < 1.29 is 20.1 Å². The summed E-state index contributed by atoms with van der Waals surface area (Å²) in [4.78, 5) is 31.1. The minimum Gasteiger partial charge on any atom is -0.394 e. The van der Waals surface area contributed by atoms with Crippen molar-refractivity contribution in [3.8, 4) is 0 Å². The molecule has 0 spiro atoms. The normalized spacial score (nSPS) is 27.0. The van der Waals surface area contributed by atoms with Gasteiger partial charge in [-0.25, -0.2) is 9.36 Å². The highest BCUT2D eigenvalue weighted by Gasteiger charge is 2.45. The number of aliphatic hydroxyl groups is 3. The number of nitrogens with one attached hydrogen (secondary N) is 1. The number of aromatic nitrogens is 4. The van der Waals surface area contributed by atoms with Gasteiger partial charge in [-0.05, 0) is 0 Å². The molecular formula is C13H17N5O6. The lowest BCUT2D eigenvalue weighted by molar-refractivity contribution is -0.0527. The van der Waals surface area contributed by atoms with Crippen molar-refractivity contribution in [1.29, 1.82) is 0 Å². The van der Waals surface area contributed by atoms with E-state index in [0.29, 0.717) is 0 Å². The van der Waals surface area contributed by atoms with Crippen LogP contribution in [0.2, 0.25) is 0 Å². The lowest BCUT2D eigenvalue weighted by Gasteiger charge is -2.15. The Morgan fingerprint density at radius 3 is 2.67 bits per heavy atom. The zero-order valence-electron chi connectivity index (χ0n) is 12.5. The summed E-state index contributed by atoms with van der Waals surface area (Å²) in [6.45, 7) is 3.00. The van der Waals surface area contributed by atoms with Crippen LogP contribution < -0.4 is 17.0 Å². The zero-order chi connectivity index (χ0) is 17.6. The van der Waals surface area contributed by atoms with Crippen molar-refractivity contribution in [1.82, 2.24) is 19.1 Å². The van der Waals surface area contributed by atoms with Gasteiger partial charge in [0.1, 0.15) is 18.3 Å². The molecule has 1 aliphatic heterocycles. The predicted molar refractivity (Wildman–Crippen MR) is 82.2 cm³/mol. The number of allylic oxidation sites excluding steroid dienone is 1. The number of rotatable bonds is 4. The molecule has 11 heteroatoms. The average Bonchev–Trinajstić information content (AvgIpc) is 2.96. The summed E-state index contributed by atoms with van der Waals surface area (Å²) in [6.07, 6.45) is -3.88. The molecule has 3 heterocycles. The van der Waals surface area contributed by atoms with Crippen molar-refractivity contribution in [2.24, 2.45) is 0 Å². The molecule has 0 aromatic carbocycles. The molecule has 0 amide bonds. The lowest BCUT2D eigenvalue weighted by atomic mass is 10.1. The fourth-order valence-corrected chi connectivity index (χ4v) is 2.82. The summed E-state index contributed by atoms with van der Waals surface area (Å²) in [5.41, 5.74) is 4.05.